The molecule has 110 valence electrons. The maximum absolute atomic E-state index is 6.17. The monoisotopic (exact) mass is 302 g/mol. The first-order valence-corrected chi connectivity index (χ1v) is 7.82. The first kappa shape index (κ1) is 14.3. The van der Waals surface area contributed by atoms with E-state index in [4.69, 9.17) is 16.3 Å². The molecule has 1 aliphatic carbocycles. The minimum Gasteiger partial charge on any atom is -0.477 e. The summed E-state index contributed by atoms with van der Waals surface area (Å²) < 4.78 is 5.82. The van der Waals surface area contributed by atoms with Crippen LogP contribution in [0.25, 0.3) is 0 Å². The van der Waals surface area contributed by atoms with Gasteiger partial charge in [0, 0.05) is 11.5 Å². The summed E-state index contributed by atoms with van der Waals surface area (Å²) in [5, 5.41) is 0.518. The highest BCUT2D eigenvalue weighted by Crippen LogP contribution is 2.39. The molecule has 4 heteroatoms. The number of aryl methyl sites for hydroxylation is 1. The Kier molecular flexibility index (Phi) is 4.39. The normalized spacial score (nSPS) is 14.2. The average molecular weight is 303 g/mol. The van der Waals surface area contributed by atoms with Crippen LogP contribution in [0.2, 0.25) is 5.15 Å². The van der Waals surface area contributed by atoms with Gasteiger partial charge in [-0.3, -0.25) is 0 Å². The van der Waals surface area contributed by atoms with Crippen LogP contribution in [0, 0.1) is 6.92 Å². The molecule has 3 nitrogen and oxygen atoms in total. The standard InChI is InChI=1S/C17H19ClN2O/c1-12-15(18)19-16(14-9-10-14)20-17(12)21-11-5-8-13-6-3-2-4-7-13/h2-4,6-7,14H,5,8-11H2,1H3. The molecule has 0 bridgehead atoms. The Bertz CT molecular complexity index is 612. The predicted molar refractivity (Wildman–Crippen MR) is 84.0 cm³/mol. The third kappa shape index (κ3) is 3.73. The van der Waals surface area contributed by atoms with Crippen molar-refractivity contribution in [2.75, 3.05) is 6.61 Å². The molecule has 1 aromatic heterocycles. The summed E-state index contributed by atoms with van der Waals surface area (Å²) in [7, 11) is 0. The molecule has 0 atom stereocenters. The van der Waals surface area contributed by atoms with Gasteiger partial charge < -0.3 is 4.74 Å². The van der Waals surface area contributed by atoms with Gasteiger partial charge in [0.25, 0.3) is 0 Å². The Balaban J connectivity index is 1.57. The molecular weight excluding hydrogens is 284 g/mol. The molecule has 0 radical (unpaired) electrons. The maximum Gasteiger partial charge on any atom is 0.221 e. The van der Waals surface area contributed by atoms with E-state index < -0.39 is 0 Å². The summed E-state index contributed by atoms with van der Waals surface area (Å²) in [5.74, 6) is 1.96. The highest BCUT2D eigenvalue weighted by atomic mass is 35.5. The first-order valence-electron chi connectivity index (χ1n) is 7.45. The molecule has 0 aliphatic heterocycles. The van der Waals surface area contributed by atoms with E-state index in [1.807, 2.05) is 13.0 Å². The lowest BCUT2D eigenvalue weighted by atomic mass is 10.1. The fourth-order valence-corrected chi connectivity index (χ4v) is 2.41. The fourth-order valence-electron chi connectivity index (χ4n) is 2.24. The number of hydrogen-bond acceptors (Lipinski definition) is 3. The van der Waals surface area contributed by atoms with Crippen molar-refractivity contribution in [3.8, 4) is 5.88 Å². The number of rotatable bonds is 6. The first-order chi connectivity index (χ1) is 10.2. The molecule has 1 aromatic carbocycles. The largest absolute Gasteiger partial charge is 0.477 e. The zero-order valence-corrected chi connectivity index (χ0v) is 12.9. The van der Waals surface area contributed by atoms with Crippen LogP contribution in [-0.2, 0) is 6.42 Å². The Labute approximate surface area is 130 Å². The quantitative estimate of drug-likeness (QED) is 0.588. The summed E-state index contributed by atoms with van der Waals surface area (Å²) >= 11 is 6.17. The maximum atomic E-state index is 6.17. The zero-order valence-electron chi connectivity index (χ0n) is 12.2. The lowest BCUT2D eigenvalue weighted by Crippen LogP contribution is -2.05. The van der Waals surface area contributed by atoms with Gasteiger partial charge in [0.15, 0.2) is 0 Å². The summed E-state index contributed by atoms with van der Waals surface area (Å²) in [5.41, 5.74) is 2.16. The predicted octanol–water partition coefficient (Wildman–Crippen LogP) is 4.33. The molecule has 0 spiro atoms. The van der Waals surface area contributed by atoms with Crippen LogP contribution >= 0.6 is 11.6 Å². The number of nitrogens with zero attached hydrogens (tertiary/aromatic N) is 2. The molecule has 0 unspecified atom stereocenters. The summed E-state index contributed by atoms with van der Waals surface area (Å²) in [6, 6.07) is 10.4. The van der Waals surface area contributed by atoms with Crippen molar-refractivity contribution >= 4 is 11.6 Å². The van der Waals surface area contributed by atoms with Gasteiger partial charge in [0.2, 0.25) is 5.88 Å². The van der Waals surface area contributed by atoms with E-state index in [2.05, 4.69) is 34.2 Å². The molecule has 2 aromatic rings. The Morgan fingerprint density at radius 1 is 1.19 bits per heavy atom. The van der Waals surface area contributed by atoms with E-state index >= 15 is 0 Å². The summed E-state index contributed by atoms with van der Waals surface area (Å²) in [6.45, 7) is 2.55. The average Bonchev–Trinajstić information content (AvgIpc) is 3.33. The van der Waals surface area contributed by atoms with Gasteiger partial charge in [-0.15, -0.1) is 0 Å². The molecule has 1 aliphatic rings. The van der Waals surface area contributed by atoms with Crippen molar-refractivity contribution in [1.29, 1.82) is 0 Å². The number of aromatic nitrogens is 2. The van der Waals surface area contributed by atoms with Crippen molar-refractivity contribution in [2.24, 2.45) is 0 Å². The van der Waals surface area contributed by atoms with E-state index in [9.17, 15) is 0 Å². The summed E-state index contributed by atoms with van der Waals surface area (Å²) in [4.78, 5) is 8.87. The smallest absolute Gasteiger partial charge is 0.221 e. The fraction of sp³-hybridized carbons (Fsp3) is 0.412. The van der Waals surface area contributed by atoms with Gasteiger partial charge in [-0.2, -0.15) is 4.98 Å². The lowest BCUT2D eigenvalue weighted by molar-refractivity contribution is 0.295. The lowest BCUT2D eigenvalue weighted by Gasteiger charge is -2.10. The van der Waals surface area contributed by atoms with Crippen LogP contribution in [0.5, 0.6) is 5.88 Å². The van der Waals surface area contributed by atoms with Crippen molar-refractivity contribution in [3.05, 3.63) is 52.4 Å². The second-order valence-electron chi connectivity index (χ2n) is 5.51. The van der Waals surface area contributed by atoms with E-state index in [1.54, 1.807) is 0 Å². The highest BCUT2D eigenvalue weighted by Gasteiger charge is 2.28. The van der Waals surface area contributed by atoms with Crippen molar-refractivity contribution in [1.82, 2.24) is 9.97 Å². The topological polar surface area (TPSA) is 35.0 Å². The number of halogens is 1. The van der Waals surface area contributed by atoms with Crippen molar-refractivity contribution in [3.63, 3.8) is 0 Å². The van der Waals surface area contributed by atoms with E-state index in [0.717, 1.165) is 37.1 Å². The van der Waals surface area contributed by atoms with Crippen LogP contribution in [-0.4, -0.2) is 16.6 Å². The minimum atomic E-state index is 0.481. The molecule has 0 saturated heterocycles. The molecule has 1 saturated carbocycles. The SMILES string of the molecule is Cc1c(Cl)nc(C2CC2)nc1OCCCc1ccccc1. The second kappa shape index (κ2) is 6.44. The van der Waals surface area contributed by atoms with E-state index in [1.165, 1.54) is 5.56 Å². The molecule has 3 rings (SSSR count). The second-order valence-corrected chi connectivity index (χ2v) is 5.87. The number of hydrogen-bond donors (Lipinski definition) is 0. The van der Waals surface area contributed by atoms with Gasteiger partial charge in [0.1, 0.15) is 11.0 Å². The summed E-state index contributed by atoms with van der Waals surface area (Å²) in [6.07, 6.45) is 4.29. The molecular formula is C17H19ClN2O. The molecule has 1 fully saturated rings. The van der Waals surface area contributed by atoms with E-state index in [-0.39, 0.29) is 0 Å². The number of benzene rings is 1. The zero-order chi connectivity index (χ0) is 14.7. The van der Waals surface area contributed by atoms with Gasteiger partial charge >= 0.3 is 0 Å². The van der Waals surface area contributed by atoms with E-state index in [0.29, 0.717) is 23.6 Å². The third-order valence-electron chi connectivity index (χ3n) is 3.69. The Morgan fingerprint density at radius 3 is 2.67 bits per heavy atom. The molecule has 0 N–H and O–H groups in total. The number of ether oxygens (including phenoxy) is 1. The highest BCUT2D eigenvalue weighted by molar-refractivity contribution is 6.30. The van der Waals surface area contributed by atoms with Gasteiger partial charge in [-0.1, -0.05) is 41.9 Å². The van der Waals surface area contributed by atoms with Crippen LogP contribution in [0.15, 0.2) is 30.3 Å². The Morgan fingerprint density at radius 2 is 1.95 bits per heavy atom. The van der Waals surface area contributed by atoms with Crippen molar-refractivity contribution in [2.45, 2.75) is 38.5 Å². The van der Waals surface area contributed by atoms with Crippen molar-refractivity contribution < 1.29 is 4.74 Å². The van der Waals surface area contributed by atoms with Crippen LogP contribution < -0.4 is 4.74 Å². The van der Waals surface area contributed by atoms with Gasteiger partial charge in [0.05, 0.1) is 6.61 Å². The molecule has 21 heavy (non-hydrogen) atoms. The Hall–Kier alpha value is -1.61. The third-order valence-corrected chi connectivity index (χ3v) is 4.06. The van der Waals surface area contributed by atoms with Crippen LogP contribution in [0.4, 0.5) is 0 Å². The van der Waals surface area contributed by atoms with Gasteiger partial charge in [-0.25, -0.2) is 4.98 Å². The van der Waals surface area contributed by atoms with Crippen LogP contribution in [0.3, 0.4) is 0 Å². The van der Waals surface area contributed by atoms with Gasteiger partial charge in [-0.05, 0) is 38.2 Å². The molecule has 0 amide bonds. The van der Waals surface area contributed by atoms with Crippen LogP contribution in [0.1, 0.15) is 42.1 Å². The molecule has 1 heterocycles. The minimum absolute atomic E-state index is 0.481.